The zero-order valence-electron chi connectivity index (χ0n) is 15.1. The highest BCUT2D eigenvalue weighted by Gasteiger charge is 2.40. The summed E-state index contributed by atoms with van der Waals surface area (Å²) in [5.41, 5.74) is 0.178. The molecule has 21 heavy (non-hydrogen) atoms. The van der Waals surface area contributed by atoms with Crippen molar-refractivity contribution < 1.29 is 4.74 Å². The van der Waals surface area contributed by atoms with Crippen LogP contribution >= 0.6 is 0 Å². The highest BCUT2D eigenvalue weighted by atomic mass is 16.5. The van der Waals surface area contributed by atoms with Crippen LogP contribution in [0.5, 0.6) is 0 Å². The van der Waals surface area contributed by atoms with E-state index in [1.54, 1.807) is 0 Å². The van der Waals surface area contributed by atoms with E-state index in [9.17, 15) is 0 Å². The molecule has 1 rings (SSSR count). The summed E-state index contributed by atoms with van der Waals surface area (Å²) < 4.78 is 6.02. The van der Waals surface area contributed by atoms with Crippen LogP contribution in [0.1, 0.15) is 98.8 Å². The molecule has 0 N–H and O–H groups in total. The molecular weight excluding hydrogens is 258 g/mol. The molecule has 0 amide bonds. The lowest BCUT2D eigenvalue weighted by Gasteiger charge is -2.32. The molecule has 2 nitrogen and oxygen atoms in total. The second-order valence-corrected chi connectivity index (χ2v) is 7.42. The number of ether oxygens (including phenoxy) is 1. The van der Waals surface area contributed by atoms with Gasteiger partial charge in [0, 0.05) is 5.41 Å². The Labute approximate surface area is 132 Å². The highest BCUT2D eigenvalue weighted by Crippen LogP contribution is 2.39. The van der Waals surface area contributed by atoms with Gasteiger partial charge in [0.2, 0.25) is 0 Å². The highest BCUT2D eigenvalue weighted by molar-refractivity contribution is 5.84. The Hall–Kier alpha value is -0.530. The standard InChI is InChI=1S/C19H37NO/c1-6-9-10-11-12-13-15-19(8-3,14-7-2)17-20-18(4,5)16-21-17/h6-16H2,1-5H3. The maximum atomic E-state index is 6.02. The molecule has 0 aliphatic carbocycles. The van der Waals surface area contributed by atoms with Crippen LogP contribution in [0, 0.1) is 5.41 Å². The first kappa shape index (κ1) is 18.5. The van der Waals surface area contributed by atoms with Gasteiger partial charge >= 0.3 is 0 Å². The number of rotatable bonds is 11. The summed E-state index contributed by atoms with van der Waals surface area (Å²) in [6, 6.07) is 0. The molecular formula is C19H37NO. The van der Waals surface area contributed by atoms with E-state index in [0.29, 0.717) is 0 Å². The van der Waals surface area contributed by atoms with E-state index in [0.717, 1.165) is 18.9 Å². The first-order chi connectivity index (χ1) is 9.99. The molecule has 1 atom stereocenters. The molecule has 0 fully saturated rings. The average molecular weight is 296 g/mol. The minimum Gasteiger partial charge on any atom is -0.478 e. The van der Waals surface area contributed by atoms with Crippen molar-refractivity contribution in [2.75, 3.05) is 6.61 Å². The van der Waals surface area contributed by atoms with Crippen molar-refractivity contribution in [1.82, 2.24) is 0 Å². The smallest absolute Gasteiger partial charge is 0.190 e. The van der Waals surface area contributed by atoms with Gasteiger partial charge < -0.3 is 4.74 Å². The second-order valence-electron chi connectivity index (χ2n) is 7.42. The van der Waals surface area contributed by atoms with E-state index >= 15 is 0 Å². The molecule has 1 heterocycles. The van der Waals surface area contributed by atoms with Crippen LogP contribution < -0.4 is 0 Å². The summed E-state index contributed by atoms with van der Waals surface area (Å²) in [5, 5.41) is 0. The van der Waals surface area contributed by atoms with Crippen molar-refractivity contribution in [3.63, 3.8) is 0 Å². The molecule has 0 radical (unpaired) electrons. The van der Waals surface area contributed by atoms with Crippen molar-refractivity contribution in [3.05, 3.63) is 0 Å². The minimum absolute atomic E-state index is 0.0232. The maximum Gasteiger partial charge on any atom is 0.190 e. The van der Waals surface area contributed by atoms with E-state index in [1.807, 2.05) is 0 Å². The van der Waals surface area contributed by atoms with Crippen LogP contribution in [0.4, 0.5) is 0 Å². The van der Waals surface area contributed by atoms with Gasteiger partial charge in [-0.3, -0.25) is 0 Å². The fraction of sp³-hybridized carbons (Fsp3) is 0.947. The van der Waals surface area contributed by atoms with E-state index in [-0.39, 0.29) is 11.0 Å². The molecule has 2 heteroatoms. The fourth-order valence-corrected chi connectivity index (χ4v) is 3.42. The third-order valence-electron chi connectivity index (χ3n) is 4.83. The van der Waals surface area contributed by atoms with Crippen LogP contribution in [-0.2, 0) is 4.74 Å². The number of nitrogens with zero attached hydrogens (tertiary/aromatic N) is 1. The molecule has 0 aromatic heterocycles. The lowest BCUT2D eigenvalue weighted by molar-refractivity contribution is 0.215. The van der Waals surface area contributed by atoms with Crippen molar-refractivity contribution in [1.29, 1.82) is 0 Å². The molecule has 124 valence electrons. The van der Waals surface area contributed by atoms with Crippen LogP contribution in [-0.4, -0.2) is 18.0 Å². The number of aliphatic imine (C=N–C) groups is 1. The zero-order chi connectivity index (χ0) is 15.8. The normalized spacial score (nSPS) is 20.0. The van der Waals surface area contributed by atoms with Crippen LogP contribution in [0.15, 0.2) is 4.99 Å². The van der Waals surface area contributed by atoms with Crippen molar-refractivity contribution >= 4 is 5.90 Å². The fourth-order valence-electron chi connectivity index (χ4n) is 3.42. The largest absolute Gasteiger partial charge is 0.478 e. The van der Waals surface area contributed by atoms with Gasteiger partial charge in [-0.1, -0.05) is 65.7 Å². The van der Waals surface area contributed by atoms with Crippen molar-refractivity contribution in [2.45, 2.75) is 104 Å². The molecule has 1 aliphatic rings. The Morgan fingerprint density at radius 3 is 2.14 bits per heavy atom. The topological polar surface area (TPSA) is 21.6 Å². The predicted octanol–water partition coefficient (Wildman–Crippen LogP) is 6.14. The molecule has 1 aliphatic heterocycles. The van der Waals surface area contributed by atoms with E-state index in [4.69, 9.17) is 9.73 Å². The number of hydrogen-bond donors (Lipinski definition) is 0. The molecule has 0 bridgehead atoms. The molecule has 0 aromatic rings. The Kier molecular flexibility index (Phi) is 7.76. The molecule has 1 unspecified atom stereocenters. The lowest BCUT2D eigenvalue weighted by Crippen LogP contribution is -2.31. The lowest BCUT2D eigenvalue weighted by atomic mass is 9.76. The van der Waals surface area contributed by atoms with Gasteiger partial charge in [0.05, 0.1) is 5.54 Å². The summed E-state index contributed by atoms with van der Waals surface area (Å²) >= 11 is 0. The molecule has 0 saturated heterocycles. The van der Waals surface area contributed by atoms with Gasteiger partial charge in [0.1, 0.15) is 6.61 Å². The average Bonchev–Trinajstić information content (AvgIpc) is 2.82. The number of unbranched alkanes of at least 4 members (excludes halogenated alkanes) is 5. The summed E-state index contributed by atoms with van der Waals surface area (Å²) in [6.45, 7) is 12.0. The van der Waals surface area contributed by atoms with E-state index in [1.165, 1.54) is 57.8 Å². The maximum absolute atomic E-state index is 6.02. The van der Waals surface area contributed by atoms with Gasteiger partial charge in [-0.15, -0.1) is 0 Å². The molecule has 0 spiro atoms. The van der Waals surface area contributed by atoms with Crippen LogP contribution in [0.25, 0.3) is 0 Å². The second kappa shape index (κ2) is 8.80. The predicted molar refractivity (Wildman–Crippen MR) is 93.1 cm³/mol. The summed E-state index contributed by atoms with van der Waals surface area (Å²) in [4.78, 5) is 4.91. The summed E-state index contributed by atoms with van der Waals surface area (Å²) in [5.74, 6) is 1.06. The van der Waals surface area contributed by atoms with Gasteiger partial charge in [-0.2, -0.15) is 0 Å². The summed E-state index contributed by atoms with van der Waals surface area (Å²) in [6.07, 6.45) is 13.0. The molecule has 0 saturated carbocycles. The third-order valence-corrected chi connectivity index (χ3v) is 4.83. The van der Waals surface area contributed by atoms with Crippen molar-refractivity contribution in [3.8, 4) is 0 Å². The minimum atomic E-state index is -0.0232. The van der Waals surface area contributed by atoms with E-state index < -0.39 is 0 Å². The molecule has 0 aromatic carbocycles. The Bertz CT molecular complexity index is 322. The van der Waals surface area contributed by atoms with E-state index in [2.05, 4.69) is 34.6 Å². The monoisotopic (exact) mass is 295 g/mol. The zero-order valence-corrected chi connectivity index (χ0v) is 15.1. The Morgan fingerprint density at radius 1 is 0.952 bits per heavy atom. The first-order valence-corrected chi connectivity index (χ1v) is 9.23. The van der Waals surface area contributed by atoms with Gasteiger partial charge in [0.25, 0.3) is 0 Å². The Balaban J connectivity index is 2.58. The quantitative estimate of drug-likeness (QED) is 0.419. The Morgan fingerprint density at radius 2 is 1.62 bits per heavy atom. The van der Waals surface area contributed by atoms with Crippen LogP contribution in [0.2, 0.25) is 0 Å². The van der Waals surface area contributed by atoms with Crippen molar-refractivity contribution in [2.24, 2.45) is 10.4 Å². The number of hydrogen-bond acceptors (Lipinski definition) is 2. The van der Waals surface area contributed by atoms with Gasteiger partial charge in [0.15, 0.2) is 5.90 Å². The van der Waals surface area contributed by atoms with Crippen LogP contribution in [0.3, 0.4) is 0 Å². The first-order valence-electron chi connectivity index (χ1n) is 9.23. The van der Waals surface area contributed by atoms with Gasteiger partial charge in [-0.25, -0.2) is 4.99 Å². The van der Waals surface area contributed by atoms with Gasteiger partial charge in [-0.05, 0) is 33.1 Å². The third kappa shape index (κ3) is 5.64. The SMILES string of the molecule is CCCCCCCCC(CC)(CCC)C1=NC(C)(C)CO1. The summed E-state index contributed by atoms with van der Waals surface area (Å²) in [7, 11) is 0.